The lowest BCUT2D eigenvalue weighted by atomic mass is 10.0. The van der Waals surface area contributed by atoms with Crippen molar-refractivity contribution in [3.8, 4) is 0 Å². The van der Waals surface area contributed by atoms with E-state index < -0.39 is 17.2 Å². The van der Waals surface area contributed by atoms with E-state index >= 15 is 0 Å². The lowest BCUT2D eigenvalue weighted by Gasteiger charge is -2.21. The predicted molar refractivity (Wildman–Crippen MR) is 69.7 cm³/mol. The number of para-hydroxylation sites is 1. The second-order valence-corrected chi connectivity index (χ2v) is 5.93. The highest BCUT2D eigenvalue weighted by Crippen LogP contribution is 2.50. The Labute approximate surface area is 111 Å². The van der Waals surface area contributed by atoms with Crippen molar-refractivity contribution < 1.29 is 14.3 Å². The molecule has 5 nitrogen and oxygen atoms in total. The predicted octanol–water partition coefficient (Wildman–Crippen LogP) is 2.08. The molecule has 100 valence electrons. The fourth-order valence-corrected chi connectivity index (χ4v) is 2.46. The Kier molecular flexibility index (Phi) is 2.21. The lowest BCUT2D eigenvalue weighted by molar-refractivity contribution is -0.119. The van der Waals surface area contributed by atoms with Crippen LogP contribution in [0.5, 0.6) is 0 Å². The summed E-state index contributed by atoms with van der Waals surface area (Å²) in [5.74, 6) is -0.153. The molecule has 2 heterocycles. The van der Waals surface area contributed by atoms with Gasteiger partial charge in [-0.25, -0.2) is 4.79 Å². The Morgan fingerprint density at radius 1 is 1.37 bits per heavy atom. The van der Waals surface area contributed by atoms with Gasteiger partial charge in [-0.3, -0.25) is 9.69 Å². The molecular weight excluding hydrogens is 244 g/mol. The van der Waals surface area contributed by atoms with Crippen LogP contribution in [0.1, 0.15) is 26.3 Å². The highest BCUT2D eigenvalue weighted by Gasteiger charge is 2.66. The van der Waals surface area contributed by atoms with Crippen LogP contribution in [0.4, 0.5) is 10.5 Å². The van der Waals surface area contributed by atoms with Crippen molar-refractivity contribution >= 4 is 17.7 Å². The summed E-state index contributed by atoms with van der Waals surface area (Å²) in [5, 5.41) is 2.81. The Hall–Kier alpha value is -2.04. The van der Waals surface area contributed by atoms with Crippen LogP contribution in [-0.4, -0.2) is 29.0 Å². The first-order valence-electron chi connectivity index (χ1n) is 6.26. The molecule has 1 aromatic carbocycles. The summed E-state index contributed by atoms with van der Waals surface area (Å²) in [6, 6.07) is 7.44. The van der Waals surface area contributed by atoms with Crippen molar-refractivity contribution in [2.45, 2.75) is 31.9 Å². The number of rotatable bonds is 0. The molecule has 0 aromatic heterocycles. The zero-order valence-electron chi connectivity index (χ0n) is 11.2. The van der Waals surface area contributed by atoms with Crippen LogP contribution >= 0.6 is 0 Å². The lowest BCUT2D eigenvalue weighted by Crippen LogP contribution is -2.33. The number of hydrogen-bond acceptors (Lipinski definition) is 3. The Morgan fingerprint density at radius 2 is 2.05 bits per heavy atom. The average Bonchev–Trinajstić information content (AvgIpc) is 2.97. The molecule has 0 radical (unpaired) electrons. The van der Waals surface area contributed by atoms with Crippen molar-refractivity contribution in [3.05, 3.63) is 29.8 Å². The normalized spacial score (nSPS) is 24.2. The smallest absolute Gasteiger partial charge is 0.411 e. The maximum absolute atomic E-state index is 12.1. The molecule has 2 aliphatic rings. The standard InChI is InChI=1S/C14H16N2O3/c1-13(2,3)19-12(18)16-8-14(16)9-6-4-5-7-10(9)15-11(14)17/h4-7H,8H2,1-3H3,(H,15,17). The number of carbonyl (C=O) groups is 2. The van der Waals surface area contributed by atoms with Gasteiger partial charge in [0.15, 0.2) is 5.54 Å². The Morgan fingerprint density at radius 3 is 2.74 bits per heavy atom. The quantitative estimate of drug-likeness (QED) is 0.727. The maximum Gasteiger partial charge on any atom is 0.411 e. The molecule has 19 heavy (non-hydrogen) atoms. The molecule has 1 saturated heterocycles. The molecule has 0 saturated carbocycles. The molecule has 0 aliphatic carbocycles. The molecule has 1 N–H and O–H groups in total. The van der Waals surface area contributed by atoms with E-state index in [9.17, 15) is 9.59 Å². The summed E-state index contributed by atoms with van der Waals surface area (Å²) >= 11 is 0. The zero-order chi connectivity index (χ0) is 13.8. The van der Waals surface area contributed by atoms with Crippen LogP contribution in [0.3, 0.4) is 0 Å². The third kappa shape index (κ3) is 1.69. The van der Waals surface area contributed by atoms with Gasteiger partial charge in [0.2, 0.25) is 0 Å². The molecule has 3 rings (SSSR count). The number of anilines is 1. The highest BCUT2D eigenvalue weighted by molar-refractivity contribution is 6.10. The minimum atomic E-state index is -0.848. The topological polar surface area (TPSA) is 58.4 Å². The first-order valence-corrected chi connectivity index (χ1v) is 6.26. The first-order chi connectivity index (χ1) is 8.84. The number of nitrogens with zero attached hydrogens (tertiary/aromatic N) is 1. The third-order valence-electron chi connectivity index (χ3n) is 3.35. The van der Waals surface area contributed by atoms with E-state index in [-0.39, 0.29) is 5.91 Å². The number of amides is 2. The van der Waals surface area contributed by atoms with E-state index in [2.05, 4.69) is 5.32 Å². The van der Waals surface area contributed by atoms with Gasteiger partial charge in [-0.15, -0.1) is 0 Å². The number of ether oxygens (including phenoxy) is 1. The Balaban J connectivity index is 1.88. The van der Waals surface area contributed by atoms with Crippen LogP contribution in [0.15, 0.2) is 24.3 Å². The van der Waals surface area contributed by atoms with E-state index in [0.717, 1.165) is 11.3 Å². The van der Waals surface area contributed by atoms with Gasteiger partial charge in [-0.2, -0.15) is 0 Å². The van der Waals surface area contributed by atoms with Crippen molar-refractivity contribution in [1.29, 1.82) is 0 Å². The number of nitrogens with one attached hydrogen (secondary N) is 1. The average molecular weight is 260 g/mol. The van der Waals surface area contributed by atoms with Crippen molar-refractivity contribution in [2.24, 2.45) is 0 Å². The number of carbonyl (C=O) groups excluding carboxylic acids is 2. The van der Waals surface area contributed by atoms with E-state index in [0.29, 0.717) is 6.54 Å². The van der Waals surface area contributed by atoms with Crippen molar-refractivity contribution in [3.63, 3.8) is 0 Å². The van der Waals surface area contributed by atoms with E-state index in [4.69, 9.17) is 4.74 Å². The van der Waals surface area contributed by atoms with Crippen molar-refractivity contribution in [1.82, 2.24) is 4.90 Å². The molecular formula is C14H16N2O3. The van der Waals surface area contributed by atoms with Gasteiger partial charge in [-0.1, -0.05) is 18.2 Å². The summed E-state index contributed by atoms with van der Waals surface area (Å²) in [4.78, 5) is 25.7. The molecule has 1 unspecified atom stereocenters. The van der Waals surface area contributed by atoms with Crippen molar-refractivity contribution in [2.75, 3.05) is 11.9 Å². The van der Waals surface area contributed by atoms with Gasteiger partial charge in [0, 0.05) is 11.3 Å². The van der Waals surface area contributed by atoms with Gasteiger partial charge < -0.3 is 10.1 Å². The summed E-state index contributed by atoms with van der Waals surface area (Å²) in [6.45, 7) is 5.81. The summed E-state index contributed by atoms with van der Waals surface area (Å²) < 4.78 is 5.32. The molecule has 2 amide bonds. The molecule has 2 aliphatic heterocycles. The van der Waals surface area contributed by atoms with Crippen LogP contribution in [0, 0.1) is 0 Å². The first kappa shape index (κ1) is 12.0. The van der Waals surface area contributed by atoms with Crippen LogP contribution < -0.4 is 5.32 Å². The van der Waals surface area contributed by atoms with Gasteiger partial charge in [0.1, 0.15) is 5.60 Å². The maximum atomic E-state index is 12.1. The van der Waals surface area contributed by atoms with Gasteiger partial charge >= 0.3 is 6.09 Å². The van der Waals surface area contributed by atoms with Gasteiger partial charge in [0.05, 0.1) is 6.54 Å². The molecule has 5 heteroatoms. The molecule has 1 spiro atoms. The van der Waals surface area contributed by atoms with E-state index in [1.165, 1.54) is 4.90 Å². The minimum Gasteiger partial charge on any atom is -0.444 e. The highest BCUT2D eigenvalue weighted by atomic mass is 16.6. The third-order valence-corrected chi connectivity index (χ3v) is 3.35. The van der Waals surface area contributed by atoms with E-state index in [1.807, 2.05) is 45.0 Å². The minimum absolute atomic E-state index is 0.153. The van der Waals surface area contributed by atoms with Gasteiger partial charge in [0.25, 0.3) is 5.91 Å². The van der Waals surface area contributed by atoms with E-state index in [1.54, 1.807) is 0 Å². The largest absolute Gasteiger partial charge is 0.444 e. The fourth-order valence-electron chi connectivity index (χ4n) is 2.46. The second kappa shape index (κ2) is 3.50. The monoisotopic (exact) mass is 260 g/mol. The summed E-state index contributed by atoms with van der Waals surface area (Å²) in [6.07, 6.45) is -0.445. The summed E-state index contributed by atoms with van der Waals surface area (Å²) in [7, 11) is 0. The molecule has 1 atom stereocenters. The number of fused-ring (bicyclic) bond motifs is 2. The van der Waals surface area contributed by atoms with Gasteiger partial charge in [-0.05, 0) is 26.8 Å². The zero-order valence-corrected chi connectivity index (χ0v) is 11.2. The second-order valence-electron chi connectivity index (χ2n) is 5.93. The molecule has 1 aromatic rings. The van der Waals surface area contributed by atoms with Crippen LogP contribution in [-0.2, 0) is 15.1 Å². The van der Waals surface area contributed by atoms with Crippen LogP contribution in [0.25, 0.3) is 0 Å². The SMILES string of the molecule is CC(C)(C)OC(=O)N1CC12C(=O)Nc1ccccc12. The summed E-state index contributed by atoms with van der Waals surface area (Å²) in [5.41, 5.74) is 0.221. The number of benzene rings is 1. The fraction of sp³-hybridized carbons (Fsp3) is 0.429. The molecule has 1 fully saturated rings. The van der Waals surface area contributed by atoms with Crippen LogP contribution in [0.2, 0.25) is 0 Å². The Bertz CT molecular complexity index is 576. The number of hydrogen-bond donors (Lipinski definition) is 1. The molecule has 0 bridgehead atoms.